The van der Waals surface area contributed by atoms with Crippen LogP contribution in [0.2, 0.25) is 0 Å². The number of nitrogens with one attached hydrogen (secondary N) is 1. The van der Waals surface area contributed by atoms with E-state index in [-0.39, 0.29) is 30.7 Å². The smallest absolute Gasteiger partial charge is 0.273 e. The second-order valence-corrected chi connectivity index (χ2v) is 4.85. The topological polar surface area (TPSA) is 38.8 Å². The molecule has 0 atom stereocenters. The Hall–Kier alpha value is -0.650. The summed E-state index contributed by atoms with van der Waals surface area (Å²) in [6.45, 7) is 3.70. The predicted octanol–water partition coefficient (Wildman–Crippen LogP) is 0.428. The van der Waals surface area contributed by atoms with Crippen LogP contribution in [0.4, 0.5) is 0 Å². The minimum Gasteiger partial charge on any atom is -0.361 e. The van der Waals surface area contributed by atoms with Crippen molar-refractivity contribution in [1.29, 1.82) is 0 Å². The van der Waals surface area contributed by atoms with Gasteiger partial charge in [0.05, 0.1) is 13.3 Å². The van der Waals surface area contributed by atoms with Crippen LogP contribution in [-0.4, -0.2) is 60.1 Å². The molecule has 3 aliphatic rings. The lowest BCUT2D eigenvalue weighted by atomic mass is 10.1. The van der Waals surface area contributed by atoms with Gasteiger partial charge in [-0.15, -0.1) is 24.8 Å². The zero-order valence-corrected chi connectivity index (χ0v) is 12.1. The number of rotatable bonds is 1. The van der Waals surface area contributed by atoms with E-state index in [9.17, 15) is 4.79 Å². The van der Waals surface area contributed by atoms with Crippen molar-refractivity contribution in [3.63, 3.8) is 0 Å². The minimum absolute atomic E-state index is 0. The van der Waals surface area contributed by atoms with E-state index in [4.69, 9.17) is 0 Å². The maximum atomic E-state index is 12.2. The van der Waals surface area contributed by atoms with Gasteiger partial charge < -0.3 is 20.0 Å². The molecule has 104 valence electrons. The molecule has 0 radical (unpaired) electrons. The van der Waals surface area contributed by atoms with Gasteiger partial charge in [0.25, 0.3) is 5.91 Å². The Balaban J connectivity index is 0.000000810. The first-order chi connectivity index (χ1) is 7.75. The second-order valence-electron chi connectivity index (χ2n) is 4.85. The highest BCUT2D eigenvalue weighted by molar-refractivity contribution is 5.95. The lowest BCUT2D eigenvalue weighted by molar-refractivity contribution is -0.127. The molecule has 2 fully saturated rings. The molecular weight excluding hydrogens is 275 g/mol. The van der Waals surface area contributed by atoms with E-state index in [1.54, 1.807) is 0 Å². The minimum atomic E-state index is 0. The molecule has 1 N–H and O–H groups in total. The third kappa shape index (κ3) is 2.53. The summed E-state index contributed by atoms with van der Waals surface area (Å²) in [6.07, 6.45) is 4.13. The summed E-state index contributed by atoms with van der Waals surface area (Å²) in [5.41, 5.74) is 0.876. The summed E-state index contributed by atoms with van der Waals surface area (Å²) in [4.78, 5) is 18.5. The molecule has 7 heteroatoms. The van der Waals surface area contributed by atoms with Gasteiger partial charge in [-0.05, 0) is 25.9 Å². The lowest BCUT2D eigenvalue weighted by Crippen LogP contribution is -2.45. The Morgan fingerprint density at radius 3 is 2.50 bits per heavy atom. The first-order valence-electron chi connectivity index (χ1n) is 5.94. The quantitative estimate of drug-likeness (QED) is 0.761. The number of carbonyl (C=O) groups excluding carboxylic acids is 1. The number of hydrogen-bond donors (Lipinski definition) is 1. The fourth-order valence-electron chi connectivity index (χ4n) is 2.78. The van der Waals surface area contributed by atoms with E-state index < -0.39 is 0 Å². The van der Waals surface area contributed by atoms with Crippen LogP contribution in [0.15, 0.2) is 11.9 Å². The predicted molar refractivity (Wildman–Crippen MR) is 74.7 cm³/mol. The highest BCUT2D eigenvalue weighted by Crippen LogP contribution is 2.27. The molecule has 0 aromatic carbocycles. The van der Waals surface area contributed by atoms with Crippen molar-refractivity contribution in [3.8, 4) is 0 Å². The molecule has 0 saturated carbocycles. The van der Waals surface area contributed by atoms with Gasteiger partial charge in [0.15, 0.2) is 0 Å². The first kappa shape index (κ1) is 15.4. The van der Waals surface area contributed by atoms with Crippen LogP contribution in [0, 0.1) is 0 Å². The maximum Gasteiger partial charge on any atom is 0.273 e. The molecule has 0 aromatic rings. The molecule has 3 heterocycles. The van der Waals surface area contributed by atoms with Crippen molar-refractivity contribution in [2.45, 2.75) is 18.9 Å². The molecular formula is C11H20Cl2N4O. The highest BCUT2D eigenvalue weighted by Gasteiger charge is 2.39. The lowest BCUT2D eigenvalue weighted by Gasteiger charge is -2.31. The molecule has 3 aliphatic heterocycles. The van der Waals surface area contributed by atoms with Crippen molar-refractivity contribution in [3.05, 3.63) is 11.9 Å². The van der Waals surface area contributed by atoms with Gasteiger partial charge in [-0.3, -0.25) is 4.79 Å². The average Bonchev–Trinajstić information content (AvgIpc) is 2.79. The molecule has 0 spiro atoms. The normalized spacial score (nSPS) is 23.5. The Kier molecular flexibility index (Phi) is 5.13. The SMILES string of the molecule is CN1C=C2C(=O)N(C3CCNCC3)CN2C1.Cl.Cl. The number of fused-ring (bicyclic) bond motifs is 1. The Morgan fingerprint density at radius 2 is 1.89 bits per heavy atom. The molecule has 0 aliphatic carbocycles. The standard InChI is InChI=1S/C11H18N4O.2ClH/c1-13-6-10-11(16)15(8-14(10)7-13)9-2-4-12-5-3-9;;/h6,9,12H,2-5,7-8H2,1H3;2*1H. The van der Waals surface area contributed by atoms with E-state index in [2.05, 4.69) is 15.1 Å². The van der Waals surface area contributed by atoms with Gasteiger partial charge in [-0.25, -0.2) is 0 Å². The average molecular weight is 295 g/mol. The zero-order valence-electron chi connectivity index (χ0n) is 10.5. The summed E-state index contributed by atoms with van der Waals surface area (Å²) in [7, 11) is 2.01. The number of piperidine rings is 1. The van der Waals surface area contributed by atoms with E-state index >= 15 is 0 Å². The number of nitrogens with zero attached hydrogens (tertiary/aromatic N) is 3. The molecule has 3 rings (SSSR count). The Morgan fingerprint density at radius 1 is 1.22 bits per heavy atom. The fourth-order valence-corrected chi connectivity index (χ4v) is 2.78. The van der Waals surface area contributed by atoms with Crippen LogP contribution in [0.25, 0.3) is 0 Å². The Bertz CT molecular complexity index is 344. The van der Waals surface area contributed by atoms with Gasteiger partial charge in [0.2, 0.25) is 0 Å². The van der Waals surface area contributed by atoms with E-state index in [1.807, 2.05) is 18.1 Å². The van der Waals surface area contributed by atoms with Crippen molar-refractivity contribution in [2.75, 3.05) is 33.5 Å². The number of hydrogen-bond acceptors (Lipinski definition) is 4. The van der Waals surface area contributed by atoms with Crippen LogP contribution < -0.4 is 5.32 Å². The monoisotopic (exact) mass is 294 g/mol. The highest BCUT2D eigenvalue weighted by atomic mass is 35.5. The van der Waals surface area contributed by atoms with Gasteiger partial charge in [-0.1, -0.05) is 0 Å². The van der Waals surface area contributed by atoms with E-state index in [0.29, 0.717) is 6.04 Å². The summed E-state index contributed by atoms with van der Waals surface area (Å²) in [5.74, 6) is 0.219. The zero-order chi connectivity index (χ0) is 11.1. The maximum absolute atomic E-state index is 12.2. The van der Waals surface area contributed by atoms with Crippen LogP contribution in [-0.2, 0) is 4.79 Å². The van der Waals surface area contributed by atoms with Gasteiger partial charge in [0.1, 0.15) is 5.70 Å². The van der Waals surface area contributed by atoms with E-state index in [0.717, 1.165) is 45.0 Å². The van der Waals surface area contributed by atoms with Gasteiger partial charge in [-0.2, -0.15) is 0 Å². The van der Waals surface area contributed by atoms with Crippen molar-refractivity contribution in [1.82, 2.24) is 20.0 Å². The van der Waals surface area contributed by atoms with E-state index in [1.165, 1.54) is 0 Å². The number of halogens is 2. The molecule has 0 unspecified atom stereocenters. The van der Waals surface area contributed by atoms with Gasteiger partial charge >= 0.3 is 0 Å². The second kappa shape index (κ2) is 5.99. The third-order valence-corrected chi connectivity index (χ3v) is 3.63. The number of amides is 1. The van der Waals surface area contributed by atoms with Crippen molar-refractivity contribution in [2.24, 2.45) is 0 Å². The molecule has 0 bridgehead atoms. The summed E-state index contributed by atoms with van der Waals surface area (Å²) >= 11 is 0. The summed E-state index contributed by atoms with van der Waals surface area (Å²) in [5, 5.41) is 3.34. The van der Waals surface area contributed by atoms with Crippen molar-refractivity contribution >= 4 is 30.7 Å². The molecule has 0 aromatic heterocycles. The molecule has 2 saturated heterocycles. The molecule has 1 amide bonds. The largest absolute Gasteiger partial charge is 0.361 e. The van der Waals surface area contributed by atoms with Crippen LogP contribution in [0.3, 0.4) is 0 Å². The van der Waals surface area contributed by atoms with Crippen LogP contribution in [0.1, 0.15) is 12.8 Å². The Labute approximate surface area is 120 Å². The first-order valence-corrected chi connectivity index (χ1v) is 5.94. The van der Waals surface area contributed by atoms with Crippen molar-refractivity contribution < 1.29 is 4.79 Å². The summed E-state index contributed by atoms with van der Waals surface area (Å²) < 4.78 is 0. The fraction of sp³-hybridized carbons (Fsp3) is 0.727. The van der Waals surface area contributed by atoms with Crippen LogP contribution in [0.5, 0.6) is 0 Å². The molecule has 5 nitrogen and oxygen atoms in total. The summed E-state index contributed by atoms with van der Waals surface area (Å²) in [6, 6.07) is 0.436. The van der Waals surface area contributed by atoms with Crippen LogP contribution >= 0.6 is 24.8 Å². The molecule has 18 heavy (non-hydrogen) atoms. The third-order valence-electron chi connectivity index (χ3n) is 3.63. The number of carbonyl (C=O) groups is 1. The van der Waals surface area contributed by atoms with Gasteiger partial charge in [0, 0.05) is 19.3 Å².